The first-order valence-electron chi connectivity index (χ1n) is 10.1. The maximum atomic E-state index is 12.4. The molecule has 1 aliphatic heterocycles. The van der Waals surface area contributed by atoms with Gasteiger partial charge in [-0.3, -0.25) is 4.79 Å². The molecule has 1 aliphatic rings. The average molecular weight is 396 g/mol. The Bertz CT molecular complexity index is 784. The molecule has 0 unspecified atom stereocenters. The molecule has 2 aromatic carbocycles. The number of hydrogen-bond acceptors (Lipinski definition) is 5. The molecule has 0 spiro atoms. The van der Waals surface area contributed by atoms with Gasteiger partial charge in [0.15, 0.2) is 12.7 Å². The van der Waals surface area contributed by atoms with Crippen LogP contribution >= 0.6 is 0 Å². The first kappa shape index (κ1) is 20.7. The lowest BCUT2D eigenvalue weighted by molar-refractivity contribution is -0.160. The molecule has 0 aromatic heterocycles. The van der Waals surface area contributed by atoms with E-state index in [9.17, 15) is 9.59 Å². The molecule has 1 atom stereocenters. The van der Waals surface area contributed by atoms with Gasteiger partial charge in [0, 0.05) is 24.5 Å². The zero-order valence-electron chi connectivity index (χ0n) is 16.8. The second-order valence-corrected chi connectivity index (χ2v) is 7.18. The first-order valence-corrected chi connectivity index (χ1v) is 10.1. The Morgan fingerprint density at radius 2 is 1.55 bits per heavy atom. The molecule has 1 amide bonds. The lowest BCUT2D eigenvalue weighted by Crippen LogP contribution is -2.41. The fourth-order valence-corrected chi connectivity index (χ4v) is 3.29. The smallest absolute Gasteiger partial charge is 0.344 e. The van der Waals surface area contributed by atoms with E-state index in [0.29, 0.717) is 5.75 Å². The number of amides is 1. The fourth-order valence-electron chi connectivity index (χ4n) is 3.29. The molecule has 3 rings (SSSR count). The van der Waals surface area contributed by atoms with Crippen molar-refractivity contribution in [1.29, 1.82) is 0 Å². The van der Waals surface area contributed by atoms with Gasteiger partial charge in [-0.1, -0.05) is 31.0 Å². The van der Waals surface area contributed by atoms with Gasteiger partial charge in [-0.05, 0) is 56.2 Å². The number of hydrogen-bond donors (Lipinski definition) is 1. The normalized spacial score (nSPS) is 15.1. The standard InChI is InChI=1S/C23H28N2O4/c1-18(23(27)25-15-7-2-3-8-16-25)29-22(26)17-28-21-13-11-20(12-14-21)24-19-9-5-4-6-10-19/h4-6,9-14,18,24H,2-3,7-8,15-17H2,1H3/t18-/m1/s1. The third kappa shape index (κ3) is 6.52. The minimum atomic E-state index is -0.790. The third-order valence-electron chi connectivity index (χ3n) is 4.85. The van der Waals surface area contributed by atoms with Crippen molar-refractivity contribution in [3.05, 3.63) is 54.6 Å². The molecule has 0 saturated carbocycles. The van der Waals surface area contributed by atoms with Crippen molar-refractivity contribution in [2.24, 2.45) is 0 Å². The minimum Gasteiger partial charge on any atom is -0.482 e. The van der Waals surface area contributed by atoms with E-state index < -0.39 is 12.1 Å². The Morgan fingerprint density at radius 3 is 2.21 bits per heavy atom. The summed E-state index contributed by atoms with van der Waals surface area (Å²) < 4.78 is 10.8. The van der Waals surface area contributed by atoms with Crippen molar-refractivity contribution in [2.45, 2.75) is 38.7 Å². The molecule has 6 nitrogen and oxygen atoms in total. The summed E-state index contributed by atoms with van der Waals surface area (Å²) in [5.74, 6) is -0.115. The predicted octanol–water partition coefficient (Wildman–Crippen LogP) is 4.14. The highest BCUT2D eigenvalue weighted by atomic mass is 16.6. The van der Waals surface area contributed by atoms with E-state index in [4.69, 9.17) is 9.47 Å². The van der Waals surface area contributed by atoms with E-state index >= 15 is 0 Å². The molecular formula is C23H28N2O4. The van der Waals surface area contributed by atoms with E-state index in [1.807, 2.05) is 42.5 Å². The summed E-state index contributed by atoms with van der Waals surface area (Å²) in [6.45, 7) is 2.86. The largest absolute Gasteiger partial charge is 0.482 e. The summed E-state index contributed by atoms with van der Waals surface area (Å²) >= 11 is 0. The highest BCUT2D eigenvalue weighted by Gasteiger charge is 2.24. The summed E-state index contributed by atoms with van der Waals surface area (Å²) in [6.07, 6.45) is 3.51. The zero-order chi connectivity index (χ0) is 20.5. The van der Waals surface area contributed by atoms with Crippen LogP contribution in [0.15, 0.2) is 54.6 Å². The maximum Gasteiger partial charge on any atom is 0.344 e. The Labute approximate surface area is 171 Å². The van der Waals surface area contributed by atoms with Crippen molar-refractivity contribution < 1.29 is 19.1 Å². The van der Waals surface area contributed by atoms with E-state index in [-0.39, 0.29) is 12.5 Å². The number of esters is 1. The van der Waals surface area contributed by atoms with Crippen molar-refractivity contribution >= 4 is 23.3 Å². The van der Waals surface area contributed by atoms with Crippen LogP contribution in [0.1, 0.15) is 32.6 Å². The van der Waals surface area contributed by atoms with Gasteiger partial charge in [0.25, 0.3) is 5.91 Å². The van der Waals surface area contributed by atoms with Gasteiger partial charge in [-0.25, -0.2) is 4.79 Å². The molecule has 6 heteroatoms. The van der Waals surface area contributed by atoms with E-state index in [1.165, 1.54) is 0 Å². The minimum absolute atomic E-state index is 0.128. The quantitative estimate of drug-likeness (QED) is 0.713. The Kier molecular flexibility index (Phi) is 7.50. The summed E-state index contributed by atoms with van der Waals surface area (Å²) in [6, 6.07) is 17.2. The second kappa shape index (κ2) is 10.5. The van der Waals surface area contributed by atoms with Crippen LogP contribution in [0.3, 0.4) is 0 Å². The van der Waals surface area contributed by atoms with E-state index in [1.54, 1.807) is 24.0 Å². The number of ether oxygens (including phenoxy) is 2. The van der Waals surface area contributed by atoms with Gasteiger partial charge < -0.3 is 19.7 Å². The number of carbonyl (C=O) groups is 2. The number of nitrogens with zero attached hydrogens (tertiary/aromatic N) is 1. The number of rotatable bonds is 7. The lowest BCUT2D eigenvalue weighted by Gasteiger charge is -2.24. The number of benzene rings is 2. The molecule has 1 N–H and O–H groups in total. The van der Waals surface area contributed by atoms with Crippen molar-refractivity contribution in [2.75, 3.05) is 25.0 Å². The SMILES string of the molecule is C[C@@H](OC(=O)COc1ccc(Nc2ccccc2)cc1)C(=O)N1CCCCCC1. The van der Waals surface area contributed by atoms with Crippen LogP contribution in [0.4, 0.5) is 11.4 Å². The fraction of sp³-hybridized carbons (Fsp3) is 0.391. The summed E-state index contributed by atoms with van der Waals surface area (Å²) in [4.78, 5) is 26.3. The van der Waals surface area contributed by atoms with Gasteiger partial charge in [-0.15, -0.1) is 0 Å². The summed E-state index contributed by atoms with van der Waals surface area (Å²) in [5.41, 5.74) is 1.91. The highest BCUT2D eigenvalue weighted by Crippen LogP contribution is 2.20. The Hall–Kier alpha value is -3.02. The molecule has 2 aromatic rings. The van der Waals surface area contributed by atoms with Gasteiger partial charge in [0.1, 0.15) is 5.75 Å². The van der Waals surface area contributed by atoms with Crippen LogP contribution in [0.25, 0.3) is 0 Å². The van der Waals surface area contributed by atoms with Crippen molar-refractivity contribution in [3.8, 4) is 5.75 Å². The van der Waals surface area contributed by atoms with Crippen LogP contribution in [0.2, 0.25) is 0 Å². The summed E-state index contributed by atoms with van der Waals surface area (Å²) in [5, 5.41) is 3.28. The maximum absolute atomic E-state index is 12.4. The molecule has 154 valence electrons. The topological polar surface area (TPSA) is 67.9 Å². The number of para-hydroxylation sites is 1. The molecule has 1 heterocycles. The second-order valence-electron chi connectivity index (χ2n) is 7.18. The average Bonchev–Trinajstić information content (AvgIpc) is 3.03. The van der Waals surface area contributed by atoms with Crippen LogP contribution < -0.4 is 10.1 Å². The van der Waals surface area contributed by atoms with Gasteiger partial charge >= 0.3 is 5.97 Å². The van der Waals surface area contributed by atoms with Gasteiger partial charge in [0.05, 0.1) is 0 Å². The van der Waals surface area contributed by atoms with Crippen molar-refractivity contribution in [1.82, 2.24) is 4.90 Å². The molecular weight excluding hydrogens is 368 g/mol. The van der Waals surface area contributed by atoms with E-state index in [2.05, 4.69) is 5.32 Å². The number of nitrogens with one attached hydrogen (secondary N) is 1. The van der Waals surface area contributed by atoms with Crippen LogP contribution in [0, 0.1) is 0 Å². The third-order valence-corrected chi connectivity index (χ3v) is 4.85. The van der Waals surface area contributed by atoms with Crippen LogP contribution in [0.5, 0.6) is 5.75 Å². The number of anilines is 2. The number of carbonyl (C=O) groups excluding carboxylic acids is 2. The van der Waals surface area contributed by atoms with Gasteiger partial charge in [-0.2, -0.15) is 0 Å². The van der Waals surface area contributed by atoms with E-state index in [0.717, 1.165) is 50.1 Å². The van der Waals surface area contributed by atoms with Crippen LogP contribution in [-0.2, 0) is 14.3 Å². The first-order chi connectivity index (χ1) is 14.1. The molecule has 29 heavy (non-hydrogen) atoms. The Morgan fingerprint density at radius 1 is 0.931 bits per heavy atom. The zero-order valence-corrected chi connectivity index (χ0v) is 16.8. The monoisotopic (exact) mass is 396 g/mol. The van der Waals surface area contributed by atoms with Gasteiger partial charge in [0.2, 0.25) is 0 Å². The Balaban J connectivity index is 1.43. The predicted molar refractivity (Wildman–Crippen MR) is 112 cm³/mol. The molecule has 0 bridgehead atoms. The number of likely N-dealkylation sites (tertiary alicyclic amines) is 1. The highest BCUT2D eigenvalue weighted by molar-refractivity contribution is 5.83. The molecule has 0 radical (unpaired) electrons. The molecule has 0 aliphatic carbocycles. The molecule has 1 saturated heterocycles. The van der Waals surface area contributed by atoms with Crippen LogP contribution in [-0.4, -0.2) is 42.6 Å². The summed E-state index contributed by atoms with van der Waals surface area (Å²) in [7, 11) is 0. The molecule has 1 fully saturated rings. The van der Waals surface area contributed by atoms with Crippen molar-refractivity contribution in [3.63, 3.8) is 0 Å². The lowest BCUT2D eigenvalue weighted by atomic mass is 10.2.